The van der Waals surface area contributed by atoms with Gasteiger partial charge in [0.15, 0.2) is 0 Å². The largest absolute Gasteiger partial charge is 0.489 e. The molecule has 0 aromatic heterocycles. The number of carboxylic acid groups (broad SMARTS) is 1. The summed E-state index contributed by atoms with van der Waals surface area (Å²) in [5.41, 5.74) is 4.12. The number of carboxylic acids is 1. The van der Waals surface area contributed by atoms with Gasteiger partial charge in [0.2, 0.25) is 0 Å². The van der Waals surface area contributed by atoms with Gasteiger partial charge in [-0.15, -0.1) is 0 Å². The summed E-state index contributed by atoms with van der Waals surface area (Å²) in [7, 11) is 0. The second-order valence-corrected chi connectivity index (χ2v) is 6.84. The minimum atomic E-state index is -0.858. The van der Waals surface area contributed by atoms with Crippen molar-refractivity contribution in [3.05, 3.63) is 101 Å². The third-order valence-electron chi connectivity index (χ3n) is 4.62. The molecule has 144 valence electrons. The van der Waals surface area contributed by atoms with Crippen LogP contribution in [0.1, 0.15) is 22.3 Å². The van der Waals surface area contributed by atoms with Gasteiger partial charge in [-0.1, -0.05) is 72.8 Å². The molecule has 3 rings (SSSR count). The van der Waals surface area contributed by atoms with Crippen LogP contribution in [0.5, 0.6) is 5.75 Å². The van der Waals surface area contributed by atoms with E-state index in [1.807, 2.05) is 85.8 Å². The van der Waals surface area contributed by atoms with Gasteiger partial charge in [0.1, 0.15) is 18.4 Å². The third-order valence-corrected chi connectivity index (χ3v) is 4.62. The maximum atomic E-state index is 11.7. The molecule has 0 saturated carbocycles. The van der Waals surface area contributed by atoms with Gasteiger partial charge in [0.05, 0.1) is 0 Å². The van der Waals surface area contributed by atoms with Gasteiger partial charge in [0.25, 0.3) is 0 Å². The van der Waals surface area contributed by atoms with Crippen LogP contribution in [0.2, 0.25) is 0 Å². The van der Waals surface area contributed by atoms with E-state index in [0.29, 0.717) is 19.6 Å². The molecule has 2 N–H and O–H groups in total. The van der Waals surface area contributed by atoms with E-state index >= 15 is 0 Å². The van der Waals surface area contributed by atoms with Gasteiger partial charge < -0.3 is 15.2 Å². The van der Waals surface area contributed by atoms with E-state index < -0.39 is 12.0 Å². The summed E-state index contributed by atoms with van der Waals surface area (Å²) in [6, 6.07) is 25.0. The molecule has 0 aliphatic heterocycles. The number of rotatable bonds is 9. The second kappa shape index (κ2) is 9.72. The Hall–Kier alpha value is -3.11. The summed E-state index contributed by atoms with van der Waals surface area (Å²) in [4.78, 5) is 11.7. The highest BCUT2D eigenvalue weighted by Gasteiger charge is 2.18. The lowest BCUT2D eigenvalue weighted by molar-refractivity contribution is -0.139. The lowest BCUT2D eigenvalue weighted by atomic mass is 10.0. The molecule has 0 aliphatic rings. The van der Waals surface area contributed by atoms with Gasteiger partial charge >= 0.3 is 5.97 Å². The lowest BCUT2D eigenvalue weighted by Gasteiger charge is -2.16. The Morgan fingerprint density at radius 1 is 0.929 bits per heavy atom. The van der Waals surface area contributed by atoms with Crippen LogP contribution in [0.3, 0.4) is 0 Å². The number of ether oxygens (including phenoxy) is 1. The number of hydrogen-bond acceptors (Lipinski definition) is 3. The molecule has 3 aromatic rings. The summed E-state index contributed by atoms with van der Waals surface area (Å²) in [5, 5.41) is 12.7. The van der Waals surface area contributed by atoms with Crippen molar-refractivity contribution in [2.24, 2.45) is 0 Å². The zero-order chi connectivity index (χ0) is 19.8. The van der Waals surface area contributed by atoms with Crippen molar-refractivity contribution in [3.63, 3.8) is 0 Å². The Morgan fingerprint density at radius 3 is 2.21 bits per heavy atom. The molecule has 4 nitrogen and oxygen atoms in total. The zero-order valence-corrected chi connectivity index (χ0v) is 16.0. The molecular weight excluding hydrogens is 350 g/mol. The van der Waals surface area contributed by atoms with E-state index in [2.05, 4.69) is 5.32 Å². The molecule has 0 radical (unpaired) electrons. The number of carbonyl (C=O) groups is 1. The highest BCUT2D eigenvalue weighted by atomic mass is 16.5. The van der Waals surface area contributed by atoms with Gasteiger partial charge in [-0.25, -0.2) is 0 Å². The van der Waals surface area contributed by atoms with E-state index in [9.17, 15) is 9.90 Å². The number of aliphatic carboxylic acids is 1. The fourth-order valence-corrected chi connectivity index (χ4v) is 2.98. The SMILES string of the molecule is Cc1ccc(C[C@H](NCc2ccccc2)C(=O)O)cc1OCc1ccccc1. The van der Waals surface area contributed by atoms with E-state index in [4.69, 9.17) is 4.74 Å². The molecule has 0 fully saturated rings. The minimum Gasteiger partial charge on any atom is -0.489 e. The van der Waals surface area contributed by atoms with Crippen molar-refractivity contribution in [3.8, 4) is 5.75 Å². The van der Waals surface area contributed by atoms with Gasteiger partial charge in [-0.3, -0.25) is 4.79 Å². The number of benzene rings is 3. The van der Waals surface area contributed by atoms with Gasteiger partial charge in [0, 0.05) is 6.54 Å². The van der Waals surface area contributed by atoms with Crippen LogP contribution in [0.4, 0.5) is 0 Å². The minimum absolute atomic E-state index is 0.393. The Kier molecular flexibility index (Phi) is 6.82. The van der Waals surface area contributed by atoms with Crippen molar-refractivity contribution in [2.75, 3.05) is 0 Å². The van der Waals surface area contributed by atoms with E-state index in [1.54, 1.807) is 0 Å². The molecule has 1 atom stereocenters. The Bertz CT molecular complexity index is 894. The van der Waals surface area contributed by atoms with Crippen molar-refractivity contribution in [1.29, 1.82) is 0 Å². The first kappa shape index (κ1) is 19.6. The predicted molar refractivity (Wildman–Crippen MR) is 110 cm³/mol. The molecule has 0 aliphatic carbocycles. The first-order valence-electron chi connectivity index (χ1n) is 9.38. The topological polar surface area (TPSA) is 58.6 Å². The summed E-state index contributed by atoms with van der Waals surface area (Å²) >= 11 is 0. The van der Waals surface area contributed by atoms with Gasteiger partial charge in [-0.05, 0) is 41.7 Å². The molecule has 0 amide bonds. The number of aryl methyl sites for hydroxylation is 1. The molecule has 4 heteroatoms. The van der Waals surface area contributed by atoms with Crippen molar-refractivity contribution in [2.45, 2.75) is 32.5 Å². The quantitative estimate of drug-likeness (QED) is 0.583. The predicted octanol–water partition coefficient (Wildman–Crippen LogP) is 4.36. The van der Waals surface area contributed by atoms with E-state index in [-0.39, 0.29) is 0 Å². The van der Waals surface area contributed by atoms with E-state index in [1.165, 1.54) is 0 Å². The van der Waals surface area contributed by atoms with Crippen LogP contribution in [-0.2, 0) is 24.4 Å². The number of hydrogen-bond donors (Lipinski definition) is 2. The molecule has 0 spiro atoms. The lowest BCUT2D eigenvalue weighted by Crippen LogP contribution is -2.38. The fourth-order valence-electron chi connectivity index (χ4n) is 2.98. The molecule has 3 aromatic carbocycles. The average Bonchev–Trinajstić information content (AvgIpc) is 2.72. The smallest absolute Gasteiger partial charge is 0.321 e. The standard InChI is InChI=1S/C24H25NO3/c1-18-12-13-21(15-23(18)28-17-20-10-6-3-7-11-20)14-22(24(26)27)25-16-19-8-4-2-5-9-19/h2-13,15,22,25H,14,16-17H2,1H3,(H,26,27)/t22-/m0/s1. The van der Waals surface area contributed by atoms with Crippen molar-refractivity contribution in [1.82, 2.24) is 5.32 Å². The molecule has 0 saturated heterocycles. The van der Waals surface area contributed by atoms with Crippen LogP contribution < -0.4 is 10.1 Å². The highest BCUT2D eigenvalue weighted by Crippen LogP contribution is 2.22. The first-order chi connectivity index (χ1) is 13.6. The summed E-state index contributed by atoms with van der Waals surface area (Å²) in [6.07, 6.45) is 0.393. The molecule has 0 heterocycles. The fraction of sp³-hybridized carbons (Fsp3) is 0.208. The summed E-state index contributed by atoms with van der Waals surface area (Å²) in [5.74, 6) is -0.0724. The zero-order valence-electron chi connectivity index (χ0n) is 16.0. The van der Waals surface area contributed by atoms with Crippen LogP contribution in [0.25, 0.3) is 0 Å². The van der Waals surface area contributed by atoms with Crippen LogP contribution >= 0.6 is 0 Å². The van der Waals surface area contributed by atoms with Crippen molar-refractivity contribution < 1.29 is 14.6 Å². The van der Waals surface area contributed by atoms with Crippen LogP contribution in [0, 0.1) is 6.92 Å². The van der Waals surface area contributed by atoms with E-state index in [0.717, 1.165) is 28.0 Å². The van der Waals surface area contributed by atoms with Crippen LogP contribution in [-0.4, -0.2) is 17.1 Å². The van der Waals surface area contributed by atoms with Gasteiger partial charge in [-0.2, -0.15) is 0 Å². The highest BCUT2D eigenvalue weighted by molar-refractivity contribution is 5.74. The molecular formula is C24H25NO3. The first-order valence-corrected chi connectivity index (χ1v) is 9.38. The Balaban J connectivity index is 1.65. The normalized spacial score (nSPS) is 11.8. The Morgan fingerprint density at radius 2 is 1.57 bits per heavy atom. The molecule has 28 heavy (non-hydrogen) atoms. The Labute approximate surface area is 165 Å². The second-order valence-electron chi connectivity index (χ2n) is 6.84. The average molecular weight is 375 g/mol. The summed E-state index contributed by atoms with van der Waals surface area (Å²) < 4.78 is 5.97. The molecule has 0 bridgehead atoms. The monoisotopic (exact) mass is 375 g/mol. The van der Waals surface area contributed by atoms with Crippen molar-refractivity contribution >= 4 is 5.97 Å². The van der Waals surface area contributed by atoms with Crippen LogP contribution in [0.15, 0.2) is 78.9 Å². The molecule has 0 unspecified atom stereocenters. The maximum absolute atomic E-state index is 11.7. The summed E-state index contributed by atoms with van der Waals surface area (Å²) in [6.45, 7) is 2.99. The third kappa shape index (κ3) is 5.69. The number of nitrogens with one attached hydrogen (secondary N) is 1. The maximum Gasteiger partial charge on any atom is 0.321 e.